The second-order valence-corrected chi connectivity index (χ2v) is 7.97. The molecule has 2 aromatic carbocycles. The fourth-order valence-electron chi connectivity index (χ4n) is 4.04. The van der Waals surface area contributed by atoms with E-state index in [0.29, 0.717) is 28.7 Å². The van der Waals surface area contributed by atoms with Gasteiger partial charge < -0.3 is 20.1 Å². The van der Waals surface area contributed by atoms with Crippen LogP contribution < -0.4 is 20.1 Å². The van der Waals surface area contributed by atoms with Crippen molar-refractivity contribution in [1.29, 1.82) is 0 Å². The van der Waals surface area contributed by atoms with Gasteiger partial charge in [-0.05, 0) is 61.0 Å². The zero-order chi connectivity index (χ0) is 24.4. The van der Waals surface area contributed by atoms with E-state index in [1.807, 2.05) is 55.5 Å². The Kier molecular flexibility index (Phi) is 5.88. The van der Waals surface area contributed by atoms with E-state index in [1.54, 1.807) is 43.4 Å². The van der Waals surface area contributed by atoms with Crippen molar-refractivity contribution in [3.05, 3.63) is 89.9 Å². The molecule has 9 nitrogen and oxygen atoms in total. The first-order valence-electron chi connectivity index (χ1n) is 11.0. The summed E-state index contributed by atoms with van der Waals surface area (Å²) in [5, 5.41) is 11.0. The number of ether oxygens (including phenoxy) is 2. The van der Waals surface area contributed by atoms with Gasteiger partial charge in [0.05, 0.1) is 31.7 Å². The van der Waals surface area contributed by atoms with Crippen LogP contribution >= 0.6 is 0 Å². The highest BCUT2D eigenvalue weighted by Crippen LogP contribution is 2.37. The lowest BCUT2D eigenvalue weighted by molar-refractivity contribution is -0.113. The zero-order valence-electron chi connectivity index (χ0n) is 19.5. The number of allylic oxidation sites excluding steroid dienone is 1. The highest BCUT2D eigenvalue weighted by molar-refractivity contribution is 6.05. The van der Waals surface area contributed by atoms with Crippen molar-refractivity contribution in [2.75, 3.05) is 24.9 Å². The number of fused-ring (bicyclic) bond motifs is 1. The number of carbonyl (C=O) groups excluding carboxylic acids is 1. The van der Waals surface area contributed by atoms with Crippen molar-refractivity contribution < 1.29 is 14.3 Å². The maximum absolute atomic E-state index is 13.5. The second-order valence-electron chi connectivity index (χ2n) is 7.97. The van der Waals surface area contributed by atoms with Crippen molar-refractivity contribution in [1.82, 2.24) is 19.7 Å². The molecule has 0 bridgehead atoms. The van der Waals surface area contributed by atoms with Crippen molar-refractivity contribution in [2.24, 2.45) is 0 Å². The van der Waals surface area contributed by atoms with Crippen LogP contribution in [0.1, 0.15) is 18.5 Å². The van der Waals surface area contributed by atoms with E-state index in [2.05, 4.69) is 15.6 Å². The van der Waals surface area contributed by atoms with Gasteiger partial charge in [-0.25, -0.2) is 4.68 Å². The van der Waals surface area contributed by atoms with E-state index in [0.717, 1.165) is 22.6 Å². The third-order valence-corrected chi connectivity index (χ3v) is 5.80. The summed E-state index contributed by atoms with van der Waals surface area (Å²) in [4.78, 5) is 22.3. The van der Waals surface area contributed by atoms with Gasteiger partial charge >= 0.3 is 0 Å². The summed E-state index contributed by atoms with van der Waals surface area (Å²) < 4.78 is 12.3. The molecule has 1 aliphatic rings. The topological polar surface area (TPSA) is 103 Å². The first-order chi connectivity index (χ1) is 17.1. The molecule has 0 saturated heterocycles. The molecule has 0 fully saturated rings. The molecule has 2 N–H and O–H groups in total. The molecule has 0 spiro atoms. The van der Waals surface area contributed by atoms with E-state index in [1.165, 1.54) is 0 Å². The van der Waals surface area contributed by atoms with Crippen LogP contribution in [0.4, 0.5) is 11.6 Å². The molecule has 2 aromatic heterocycles. The van der Waals surface area contributed by atoms with E-state index in [4.69, 9.17) is 19.6 Å². The predicted molar refractivity (Wildman–Crippen MR) is 132 cm³/mol. The Morgan fingerprint density at radius 1 is 1.00 bits per heavy atom. The number of aromatic nitrogens is 4. The first-order valence-corrected chi connectivity index (χ1v) is 11.0. The van der Waals surface area contributed by atoms with Gasteiger partial charge in [-0.2, -0.15) is 4.98 Å². The van der Waals surface area contributed by atoms with Crippen LogP contribution in [0.25, 0.3) is 11.4 Å². The maximum Gasteiger partial charge on any atom is 0.255 e. The fourth-order valence-corrected chi connectivity index (χ4v) is 4.04. The highest BCUT2D eigenvalue weighted by Gasteiger charge is 2.34. The number of benzene rings is 2. The minimum Gasteiger partial charge on any atom is -0.497 e. The summed E-state index contributed by atoms with van der Waals surface area (Å²) in [5.74, 6) is 2.31. The average molecular weight is 469 g/mol. The van der Waals surface area contributed by atoms with Gasteiger partial charge in [0.25, 0.3) is 5.91 Å². The van der Waals surface area contributed by atoms with Crippen molar-refractivity contribution >= 4 is 17.5 Å². The summed E-state index contributed by atoms with van der Waals surface area (Å²) in [6, 6.07) is 18.2. The van der Waals surface area contributed by atoms with Gasteiger partial charge in [0.15, 0.2) is 5.82 Å². The Morgan fingerprint density at radius 2 is 1.69 bits per heavy atom. The molecule has 1 aliphatic heterocycles. The molecule has 0 saturated carbocycles. The molecule has 0 unspecified atom stereocenters. The average Bonchev–Trinajstić information content (AvgIpc) is 3.32. The van der Waals surface area contributed by atoms with E-state index in [-0.39, 0.29) is 5.91 Å². The number of methoxy groups -OCH3 is 2. The number of rotatable bonds is 6. The number of nitrogens with one attached hydrogen (secondary N) is 2. The monoisotopic (exact) mass is 468 g/mol. The molecule has 1 atom stereocenters. The molecule has 1 amide bonds. The van der Waals surface area contributed by atoms with Crippen molar-refractivity contribution in [3.63, 3.8) is 0 Å². The molecule has 5 rings (SSSR count). The molecular formula is C26H24N6O3. The standard InChI is InChI=1S/C26H24N6O3/c1-16-22(25(33)29-19-5-4-14-27-15-19)23(17-6-10-20(34-2)11-7-17)32-26(28-16)30-24(31-32)18-8-12-21(35-3)13-9-18/h4-15,23H,1-3H3,(H,29,33)(H,28,30,31)/t23-/m0/s1. The molecule has 4 aromatic rings. The Balaban J connectivity index is 1.58. The van der Waals surface area contributed by atoms with Crippen LogP contribution in [0.3, 0.4) is 0 Å². The van der Waals surface area contributed by atoms with E-state index >= 15 is 0 Å². The largest absolute Gasteiger partial charge is 0.497 e. The summed E-state index contributed by atoms with van der Waals surface area (Å²) in [6.07, 6.45) is 3.26. The Bertz CT molecular complexity index is 1380. The van der Waals surface area contributed by atoms with Crippen LogP contribution in [0.2, 0.25) is 0 Å². The van der Waals surface area contributed by atoms with Gasteiger partial charge in [-0.1, -0.05) is 12.1 Å². The molecule has 0 radical (unpaired) electrons. The lowest BCUT2D eigenvalue weighted by Gasteiger charge is -2.28. The fraction of sp³-hybridized carbons (Fsp3) is 0.154. The van der Waals surface area contributed by atoms with Gasteiger partial charge in [0, 0.05) is 17.5 Å². The molecule has 0 aliphatic carbocycles. The quantitative estimate of drug-likeness (QED) is 0.435. The van der Waals surface area contributed by atoms with Crippen molar-refractivity contribution in [3.8, 4) is 22.9 Å². The summed E-state index contributed by atoms with van der Waals surface area (Å²) >= 11 is 0. The molecule has 3 heterocycles. The Labute approximate surface area is 202 Å². The van der Waals surface area contributed by atoms with Crippen LogP contribution in [0, 0.1) is 0 Å². The number of carbonyl (C=O) groups is 1. The molecule has 9 heteroatoms. The van der Waals surface area contributed by atoms with E-state index < -0.39 is 6.04 Å². The number of amides is 1. The molecule has 35 heavy (non-hydrogen) atoms. The lowest BCUT2D eigenvalue weighted by atomic mass is 9.95. The number of hydrogen-bond donors (Lipinski definition) is 2. The maximum atomic E-state index is 13.5. The minimum absolute atomic E-state index is 0.254. The minimum atomic E-state index is -0.506. The Hall–Kier alpha value is -4.66. The first kappa shape index (κ1) is 22.1. The summed E-state index contributed by atoms with van der Waals surface area (Å²) in [6.45, 7) is 1.86. The zero-order valence-corrected chi connectivity index (χ0v) is 19.5. The number of hydrogen-bond acceptors (Lipinski definition) is 7. The van der Waals surface area contributed by atoms with Gasteiger partial charge in [-0.15, -0.1) is 5.10 Å². The second kappa shape index (κ2) is 9.30. The third-order valence-electron chi connectivity index (χ3n) is 5.80. The normalized spacial score (nSPS) is 14.7. The van der Waals surface area contributed by atoms with Gasteiger partial charge in [0.1, 0.15) is 17.5 Å². The predicted octanol–water partition coefficient (Wildman–Crippen LogP) is 4.28. The third kappa shape index (κ3) is 4.31. The Morgan fingerprint density at radius 3 is 2.31 bits per heavy atom. The SMILES string of the molecule is COc1ccc(-c2nc3n(n2)[C@@H](c2ccc(OC)cc2)C(C(=O)Nc2cccnc2)=C(C)N3)cc1. The van der Waals surface area contributed by atoms with E-state index in [9.17, 15) is 4.79 Å². The lowest BCUT2D eigenvalue weighted by Crippen LogP contribution is -2.31. The molecule has 176 valence electrons. The number of anilines is 2. The van der Waals surface area contributed by atoms with Crippen LogP contribution in [-0.4, -0.2) is 39.9 Å². The molecular weight excluding hydrogens is 444 g/mol. The van der Waals surface area contributed by atoms with Crippen LogP contribution in [0.5, 0.6) is 11.5 Å². The number of nitrogens with zero attached hydrogens (tertiary/aromatic N) is 4. The van der Waals surface area contributed by atoms with Crippen LogP contribution in [0.15, 0.2) is 84.3 Å². The van der Waals surface area contributed by atoms with Gasteiger partial charge in [-0.3, -0.25) is 9.78 Å². The van der Waals surface area contributed by atoms with Crippen molar-refractivity contribution in [2.45, 2.75) is 13.0 Å². The van der Waals surface area contributed by atoms with Gasteiger partial charge in [0.2, 0.25) is 5.95 Å². The highest BCUT2D eigenvalue weighted by atomic mass is 16.5. The summed E-state index contributed by atoms with van der Waals surface area (Å²) in [5.41, 5.74) is 3.53. The smallest absolute Gasteiger partial charge is 0.255 e. The van der Waals surface area contributed by atoms with Crippen LogP contribution in [-0.2, 0) is 4.79 Å². The summed E-state index contributed by atoms with van der Waals surface area (Å²) in [7, 11) is 3.24. The number of pyridine rings is 1.